The zero-order valence-corrected chi connectivity index (χ0v) is 11.9. The van der Waals surface area contributed by atoms with Crippen molar-refractivity contribution in [2.75, 3.05) is 0 Å². The van der Waals surface area contributed by atoms with E-state index in [-0.39, 0.29) is 11.8 Å². The molecule has 1 aliphatic heterocycles. The molecule has 3 aromatic rings. The van der Waals surface area contributed by atoms with Gasteiger partial charge in [-0.3, -0.25) is 14.5 Å². The summed E-state index contributed by atoms with van der Waals surface area (Å²) in [5.74, 6) is -0.402. The minimum Gasteiger partial charge on any atom is -0.269 e. The minimum atomic E-state index is -0.201. The van der Waals surface area contributed by atoms with Gasteiger partial charge in [0.1, 0.15) is 0 Å². The van der Waals surface area contributed by atoms with Crippen molar-refractivity contribution in [3.05, 3.63) is 70.6 Å². The molecule has 0 saturated carbocycles. The van der Waals surface area contributed by atoms with E-state index in [9.17, 15) is 9.59 Å². The maximum absolute atomic E-state index is 12.3. The first kappa shape index (κ1) is 12.3. The van der Waals surface area contributed by atoms with Crippen LogP contribution in [-0.4, -0.2) is 16.7 Å². The van der Waals surface area contributed by atoms with Crippen LogP contribution in [0.2, 0.25) is 0 Å². The van der Waals surface area contributed by atoms with E-state index in [0.29, 0.717) is 17.7 Å². The lowest BCUT2D eigenvalue weighted by Gasteiger charge is -2.11. The summed E-state index contributed by atoms with van der Waals surface area (Å²) in [5.41, 5.74) is 1.01. The Morgan fingerprint density at radius 2 is 1.48 bits per heavy atom. The van der Waals surface area contributed by atoms with E-state index < -0.39 is 0 Å². The van der Waals surface area contributed by atoms with Crippen LogP contribution in [-0.2, 0) is 6.54 Å². The number of amides is 2. The van der Waals surface area contributed by atoms with E-state index >= 15 is 0 Å². The molecule has 0 aliphatic carbocycles. The smallest absolute Gasteiger partial charge is 0.261 e. The summed E-state index contributed by atoms with van der Waals surface area (Å²) in [5, 5.41) is 1.15. The quantitative estimate of drug-likeness (QED) is 0.676. The summed E-state index contributed by atoms with van der Waals surface area (Å²) in [6.07, 6.45) is 0. The van der Waals surface area contributed by atoms with Crippen molar-refractivity contribution in [1.82, 2.24) is 4.90 Å². The maximum atomic E-state index is 12.3. The van der Waals surface area contributed by atoms with E-state index in [1.165, 1.54) is 9.60 Å². The fraction of sp³-hybridized carbons (Fsp3) is 0.0588. The van der Waals surface area contributed by atoms with Crippen molar-refractivity contribution in [3.8, 4) is 0 Å². The number of hydrogen-bond acceptors (Lipinski definition) is 3. The molecule has 0 bridgehead atoms. The number of carbonyl (C=O) groups excluding carboxylic acids is 2. The second-order valence-electron chi connectivity index (χ2n) is 4.99. The summed E-state index contributed by atoms with van der Waals surface area (Å²) in [4.78, 5) is 27.0. The molecule has 0 spiro atoms. The number of imide groups is 1. The van der Waals surface area contributed by atoms with Gasteiger partial charge < -0.3 is 0 Å². The second-order valence-corrected chi connectivity index (χ2v) is 6.16. The topological polar surface area (TPSA) is 37.4 Å². The molecule has 0 radical (unpaired) electrons. The van der Waals surface area contributed by atoms with Gasteiger partial charge in [0.25, 0.3) is 11.8 Å². The largest absolute Gasteiger partial charge is 0.269 e. The lowest BCUT2D eigenvalue weighted by atomic mass is 10.1. The lowest BCUT2D eigenvalue weighted by Crippen LogP contribution is -2.28. The molecule has 21 heavy (non-hydrogen) atoms. The van der Waals surface area contributed by atoms with Crippen LogP contribution in [0.3, 0.4) is 0 Å². The standard InChI is InChI=1S/C17H11NO2S/c19-16-13-6-2-3-7-14(13)17(20)18(16)10-12-9-11-5-1-4-8-15(11)21-12/h1-9H,10H2. The molecular formula is C17H11NO2S. The number of rotatable bonds is 2. The van der Waals surface area contributed by atoms with Crippen molar-refractivity contribution >= 4 is 33.2 Å². The van der Waals surface area contributed by atoms with E-state index in [1.54, 1.807) is 35.6 Å². The van der Waals surface area contributed by atoms with Gasteiger partial charge in [-0.25, -0.2) is 0 Å². The van der Waals surface area contributed by atoms with Gasteiger partial charge in [-0.1, -0.05) is 30.3 Å². The highest BCUT2D eigenvalue weighted by Crippen LogP contribution is 2.29. The zero-order chi connectivity index (χ0) is 14.4. The van der Waals surface area contributed by atoms with Crippen LogP contribution in [0, 0.1) is 0 Å². The van der Waals surface area contributed by atoms with Crippen molar-refractivity contribution in [2.24, 2.45) is 0 Å². The average molecular weight is 293 g/mol. The van der Waals surface area contributed by atoms with Crippen LogP contribution in [0.15, 0.2) is 54.6 Å². The highest BCUT2D eigenvalue weighted by molar-refractivity contribution is 7.19. The molecule has 0 unspecified atom stereocenters. The summed E-state index contributed by atoms with van der Waals surface area (Å²) in [6.45, 7) is 0.339. The molecule has 0 N–H and O–H groups in total. The summed E-state index contributed by atoms with van der Waals surface area (Å²) in [7, 11) is 0. The monoisotopic (exact) mass is 293 g/mol. The first-order valence-corrected chi connectivity index (χ1v) is 7.48. The Morgan fingerprint density at radius 1 is 0.857 bits per heavy atom. The first-order chi connectivity index (χ1) is 10.2. The number of nitrogens with zero attached hydrogens (tertiary/aromatic N) is 1. The molecule has 4 rings (SSSR count). The van der Waals surface area contributed by atoms with Gasteiger partial charge in [-0.05, 0) is 29.7 Å². The molecule has 2 aromatic carbocycles. The predicted molar refractivity (Wildman–Crippen MR) is 82.5 cm³/mol. The lowest BCUT2D eigenvalue weighted by molar-refractivity contribution is 0.0644. The summed E-state index contributed by atoms with van der Waals surface area (Å²) < 4.78 is 1.17. The zero-order valence-electron chi connectivity index (χ0n) is 11.1. The van der Waals surface area contributed by atoms with Gasteiger partial charge in [0, 0.05) is 9.58 Å². The Hall–Kier alpha value is -2.46. The van der Waals surface area contributed by atoms with E-state index in [4.69, 9.17) is 0 Å². The van der Waals surface area contributed by atoms with Gasteiger partial charge >= 0.3 is 0 Å². The molecule has 2 heterocycles. The summed E-state index contributed by atoms with van der Waals surface area (Å²) >= 11 is 1.62. The number of carbonyl (C=O) groups is 2. The number of fused-ring (bicyclic) bond motifs is 2. The van der Waals surface area contributed by atoms with Crippen molar-refractivity contribution in [1.29, 1.82) is 0 Å². The molecular weight excluding hydrogens is 282 g/mol. The summed E-state index contributed by atoms with van der Waals surface area (Å²) in [6, 6.07) is 17.1. The van der Waals surface area contributed by atoms with Gasteiger partial charge in [-0.2, -0.15) is 0 Å². The Morgan fingerprint density at radius 3 is 2.14 bits per heavy atom. The van der Waals surface area contributed by atoms with Gasteiger partial charge in [0.15, 0.2) is 0 Å². The third-order valence-electron chi connectivity index (χ3n) is 3.67. The maximum Gasteiger partial charge on any atom is 0.261 e. The van der Waals surface area contributed by atoms with Crippen LogP contribution < -0.4 is 0 Å². The molecule has 2 amide bonds. The third-order valence-corrected chi connectivity index (χ3v) is 4.77. The van der Waals surface area contributed by atoms with Crippen molar-refractivity contribution < 1.29 is 9.59 Å². The SMILES string of the molecule is O=C1c2ccccc2C(=O)N1Cc1cc2ccccc2s1. The fourth-order valence-electron chi connectivity index (χ4n) is 2.65. The molecule has 0 atom stereocenters. The molecule has 1 aromatic heterocycles. The number of benzene rings is 2. The van der Waals surface area contributed by atoms with E-state index in [1.807, 2.05) is 30.3 Å². The highest BCUT2D eigenvalue weighted by atomic mass is 32.1. The molecule has 0 saturated heterocycles. The van der Waals surface area contributed by atoms with E-state index in [0.717, 1.165) is 10.3 Å². The predicted octanol–water partition coefficient (Wildman–Crippen LogP) is 3.70. The minimum absolute atomic E-state index is 0.201. The van der Waals surface area contributed by atoms with E-state index in [2.05, 4.69) is 0 Å². The van der Waals surface area contributed by atoms with Crippen LogP contribution in [0.5, 0.6) is 0 Å². The van der Waals surface area contributed by atoms with Gasteiger partial charge in [0.2, 0.25) is 0 Å². The molecule has 1 aliphatic rings. The third kappa shape index (κ3) is 1.87. The Bertz CT molecular complexity index is 813. The highest BCUT2D eigenvalue weighted by Gasteiger charge is 2.35. The van der Waals surface area contributed by atoms with Gasteiger partial charge in [-0.15, -0.1) is 11.3 Å². The average Bonchev–Trinajstić information content (AvgIpc) is 3.02. The van der Waals surface area contributed by atoms with Crippen LogP contribution in [0.4, 0.5) is 0 Å². The van der Waals surface area contributed by atoms with Crippen molar-refractivity contribution in [2.45, 2.75) is 6.54 Å². The Kier molecular flexibility index (Phi) is 2.65. The first-order valence-electron chi connectivity index (χ1n) is 6.67. The molecule has 102 valence electrons. The second kappa shape index (κ2) is 4.53. The Balaban J connectivity index is 1.69. The van der Waals surface area contributed by atoms with Crippen LogP contribution in [0.25, 0.3) is 10.1 Å². The van der Waals surface area contributed by atoms with Crippen molar-refractivity contribution in [3.63, 3.8) is 0 Å². The molecule has 3 nitrogen and oxygen atoms in total. The fourth-order valence-corrected chi connectivity index (χ4v) is 3.71. The normalized spacial score (nSPS) is 14.0. The molecule has 0 fully saturated rings. The van der Waals surface area contributed by atoms with Crippen LogP contribution >= 0.6 is 11.3 Å². The number of thiophene rings is 1. The molecule has 4 heteroatoms. The van der Waals surface area contributed by atoms with Crippen LogP contribution in [0.1, 0.15) is 25.6 Å². The van der Waals surface area contributed by atoms with Gasteiger partial charge in [0.05, 0.1) is 17.7 Å². The Labute approximate surface area is 125 Å². The number of hydrogen-bond donors (Lipinski definition) is 0.